The normalized spacial score (nSPS) is 15.2. The van der Waals surface area contributed by atoms with Gasteiger partial charge in [-0.15, -0.1) is 0 Å². The van der Waals surface area contributed by atoms with Crippen LogP contribution in [0.2, 0.25) is 0 Å². The first-order valence-electron chi connectivity index (χ1n) is 9.84. The number of rotatable bonds is 7. The number of hydrogen-bond acceptors (Lipinski definition) is 4. The second-order valence-corrected chi connectivity index (χ2v) is 7.62. The number of halogens is 4. The number of nitrogens with zero attached hydrogens (tertiary/aromatic N) is 1. The topological polar surface area (TPSA) is 89.9 Å². The van der Waals surface area contributed by atoms with E-state index in [4.69, 9.17) is 10.2 Å². The third-order valence-electron chi connectivity index (χ3n) is 4.55. The third kappa shape index (κ3) is 10.4. The molecular weight excluding hydrogens is 420 g/mol. The molecule has 1 saturated heterocycles. The van der Waals surface area contributed by atoms with Gasteiger partial charge in [0, 0.05) is 36.8 Å². The Balaban J connectivity index is 0.000000512. The molecule has 1 aromatic rings. The average molecular weight is 448 g/mol. The zero-order valence-corrected chi connectivity index (χ0v) is 17.5. The summed E-state index contributed by atoms with van der Waals surface area (Å²) in [6, 6.07) is 3.19. The Morgan fingerprint density at radius 1 is 1.16 bits per heavy atom. The molecule has 0 unspecified atom stereocenters. The van der Waals surface area contributed by atoms with E-state index >= 15 is 0 Å². The van der Waals surface area contributed by atoms with Gasteiger partial charge in [-0.2, -0.15) is 13.2 Å². The Bertz CT molecular complexity index is 744. The lowest BCUT2D eigenvalue weighted by Crippen LogP contribution is -2.44. The van der Waals surface area contributed by atoms with Crippen LogP contribution in [0.4, 0.5) is 17.6 Å². The SMILES string of the molecule is CC(C)CN(Cc1ccc(C(F)(F)F)cc1F)C1CCNCC1.O=C(O)C=CC(=O)O. The molecule has 6 nitrogen and oxygen atoms in total. The van der Waals surface area contributed by atoms with Crippen LogP contribution in [0, 0.1) is 11.7 Å². The number of carboxylic acid groups (broad SMARTS) is 2. The average Bonchev–Trinajstić information content (AvgIpc) is 2.67. The van der Waals surface area contributed by atoms with Crippen molar-refractivity contribution in [2.75, 3.05) is 19.6 Å². The number of carbonyl (C=O) groups is 2. The van der Waals surface area contributed by atoms with Crippen LogP contribution in [0.1, 0.15) is 37.8 Å². The van der Waals surface area contributed by atoms with Crippen molar-refractivity contribution in [2.24, 2.45) is 5.92 Å². The lowest BCUT2D eigenvalue weighted by molar-refractivity contribution is -0.138. The molecule has 31 heavy (non-hydrogen) atoms. The van der Waals surface area contributed by atoms with Gasteiger partial charge in [0.15, 0.2) is 0 Å². The first-order valence-corrected chi connectivity index (χ1v) is 9.84. The molecule has 1 aliphatic heterocycles. The Kier molecular flexibility index (Phi) is 10.6. The van der Waals surface area contributed by atoms with E-state index in [2.05, 4.69) is 24.1 Å². The molecule has 0 amide bonds. The van der Waals surface area contributed by atoms with Gasteiger partial charge >= 0.3 is 18.1 Å². The van der Waals surface area contributed by atoms with E-state index < -0.39 is 29.5 Å². The minimum atomic E-state index is -4.51. The molecule has 10 heteroatoms. The molecule has 0 bridgehead atoms. The minimum Gasteiger partial charge on any atom is -0.478 e. The van der Waals surface area contributed by atoms with Gasteiger partial charge < -0.3 is 15.5 Å². The minimum absolute atomic E-state index is 0.331. The molecule has 0 spiro atoms. The monoisotopic (exact) mass is 448 g/mol. The fraction of sp³-hybridized carbons (Fsp3) is 0.524. The Hall–Kier alpha value is -2.46. The Labute approximate surface area is 178 Å². The van der Waals surface area contributed by atoms with Crippen LogP contribution in [0.15, 0.2) is 30.4 Å². The third-order valence-corrected chi connectivity index (χ3v) is 4.55. The predicted octanol–water partition coefficient (Wildman–Crippen LogP) is 3.77. The number of aliphatic carboxylic acids is 2. The van der Waals surface area contributed by atoms with Crippen LogP contribution in [0.25, 0.3) is 0 Å². The first kappa shape index (κ1) is 26.6. The zero-order chi connectivity index (χ0) is 23.6. The van der Waals surface area contributed by atoms with E-state index in [9.17, 15) is 27.2 Å². The summed E-state index contributed by atoms with van der Waals surface area (Å²) >= 11 is 0. The molecule has 2 rings (SSSR count). The van der Waals surface area contributed by atoms with Crippen molar-refractivity contribution in [2.45, 2.75) is 45.5 Å². The van der Waals surface area contributed by atoms with Crippen molar-refractivity contribution in [1.82, 2.24) is 10.2 Å². The standard InChI is InChI=1S/C17H24F4N2.C4H4O4/c1-12(2)10-23(15-5-7-22-8-6-15)11-13-3-4-14(9-16(13)18)17(19,20)21;5-3(6)1-2-4(7)8/h3-4,9,12,15,22H,5-8,10-11H2,1-2H3;1-2H,(H,5,6)(H,7,8). The molecule has 174 valence electrons. The zero-order valence-electron chi connectivity index (χ0n) is 17.5. The molecule has 0 radical (unpaired) electrons. The summed E-state index contributed by atoms with van der Waals surface area (Å²) in [5, 5.41) is 18.9. The van der Waals surface area contributed by atoms with Crippen LogP contribution in [0.3, 0.4) is 0 Å². The highest BCUT2D eigenvalue weighted by atomic mass is 19.4. The molecule has 0 atom stereocenters. The lowest BCUT2D eigenvalue weighted by atomic mass is 10.0. The summed E-state index contributed by atoms with van der Waals surface area (Å²) in [5.74, 6) is -2.87. The highest BCUT2D eigenvalue weighted by Crippen LogP contribution is 2.30. The molecule has 0 saturated carbocycles. The fourth-order valence-electron chi connectivity index (χ4n) is 3.20. The van der Waals surface area contributed by atoms with E-state index in [1.807, 2.05) is 0 Å². The van der Waals surface area contributed by atoms with Crippen LogP contribution < -0.4 is 5.32 Å². The maximum absolute atomic E-state index is 14.1. The van der Waals surface area contributed by atoms with Gasteiger partial charge in [0.2, 0.25) is 0 Å². The van der Waals surface area contributed by atoms with Gasteiger partial charge in [-0.05, 0) is 44.0 Å². The van der Waals surface area contributed by atoms with Crippen LogP contribution >= 0.6 is 0 Å². The predicted molar refractivity (Wildman–Crippen MR) is 107 cm³/mol. The summed E-state index contributed by atoms with van der Waals surface area (Å²) < 4.78 is 52.0. The van der Waals surface area contributed by atoms with Crippen molar-refractivity contribution in [1.29, 1.82) is 0 Å². The van der Waals surface area contributed by atoms with Crippen molar-refractivity contribution in [3.05, 3.63) is 47.3 Å². The van der Waals surface area contributed by atoms with Crippen LogP contribution in [-0.4, -0.2) is 52.7 Å². The van der Waals surface area contributed by atoms with E-state index in [0.29, 0.717) is 42.3 Å². The highest BCUT2D eigenvalue weighted by molar-refractivity contribution is 5.89. The second kappa shape index (κ2) is 12.4. The van der Waals surface area contributed by atoms with Crippen LogP contribution in [0.5, 0.6) is 0 Å². The lowest BCUT2D eigenvalue weighted by Gasteiger charge is -2.36. The number of nitrogens with one attached hydrogen (secondary N) is 1. The molecule has 1 fully saturated rings. The van der Waals surface area contributed by atoms with E-state index in [0.717, 1.165) is 38.5 Å². The largest absolute Gasteiger partial charge is 0.478 e. The van der Waals surface area contributed by atoms with Gasteiger partial charge in [0.1, 0.15) is 5.82 Å². The maximum atomic E-state index is 14.1. The first-order chi connectivity index (χ1) is 14.4. The van der Waals surface area contributed by atoms with Gasteiger partial charge in [-0.25, -0.2) is 14.0 Å². The number of carboxylic acids is 2. The fourth-order valence-corrected chi connectivity index (χ4v) is 3.20. The molecule has 1 aromatic carbocycles. The van der Waals surface area contributed by atoms with E-state index in [1.54, 1.807) is 0 Å². The summed E-state index contributed by atoms with van der Waals surface area (Å²) in [4.78, 5) is 21.3. The van der Waals surface area contributed by atoms with Crippen molar-refractivity contribution in [3.63, 3.8) is 0 Å². The van der Waals surface area contributed by atoms with Gasteiger partial charge in [-0.3, -0.25) is 4.90 Å². The van der Waals surface area contributed by atoms with Gasteiger partial charge in [0.25, 0.3) is 0 Å². The molecule has 0 aliphatic carbocycles. The van der Waals surface area contributed by atoms with Gasteiger partial charge in [0.05, 0.1) is 5.56 Å². The van der Waals surface area contributed by atoms with E-state index in [1.165, 1.54) is 6.07 Å². The summed E-state index contributed by atoms with van der Waals surface area (Å²) in [6.07, 6.45) is -1.43. The summed E-state index contributed by atoms with van der Waals surface area (Å²) in [5.41, 5.74) is -0.604. The quantitative estimate of drug-likeness (QED) is 0.435. The van der Waals surface area contributed by atoms with Gasteiger partial charge in [-0.1, -0.05) is 19.9 Å². The van der Waals surface area contributed by atoms with E-state index in [-0.39, 0.29) is 0 Å². The van der Waals surface area contributed by atoms with Crippen molar-refractivity contribution in [3.8, 4) is 0 Å². The highest BCUT2D eigenvalue weighted by Gasteiger charge is 2.31. The van der Waals surface area contributed by atoms with Crippen LogP contribution in [-0.2, 0) is 22.3 Å². The number of benzene rings is 1. The number of hydrogen-bond donors (Lipinski definition) is 3. The molecular formula is C21H28F4N2O4. The van der Waals surface area contributed by atoms with Crippen molar-refractivity contribution >= 4 is 11.9 Å². The summed E-state index contributed by atoms with van der Waals surface area (Å²) in [6.45, 7) is 7.20. The number of alkyl halides is 3. The molecule has 0 aromatic heterocycles. The Morgan fingerprint density at radius 3 is 2.13 bits per heavy atom. The Morgan fingerprint density at radius 2 is 1.71 bits per heavy atom. The molecule has 1 aliphatic rings. The summed E-state index contributed by atoms with van der Waals surface area (Å²) in [7, 11) is 0. The smallest absolute Gasteiger partial charge is 0.416 e. The maximum Gasteiger partial charge on any atom is 0.416 e. The molecule has 1 heterocycles. The number of piperidine rings is 1. The second-order valence-electron chi connectivity index (χ2n) is 7.62. The van der Waals surface area contributed by atoms with Crippen molar-refractivity contribution < 1.29 is 37.4 Å². The molecule has 3 N–H and O–H groups in total.